The minimum atomic E-state index is -6.06. The molecule has 2 fully saturated rings. The van der Waals surface area contributed by atoms with Gasteiger partial charge in [-0.25, -0.2) is 16.8 Å². The van der Waals surface area contributed by atoms with Gasteiger partial charge in [-0.15, -0.1) is 4.13 Å². The second kappa shape index (κ2) is 4.23. The lowest BCUT2D eigenvalue weighted by Gasteiger charge is -2.38. The standard InChI is InChI=1S/C11H16F3NO5S2/c1-8(2)9(3)4-5-10(8,6-7(9)16)21(17,18)15-22(19,20)11(12,13)14/h15H,4-6H2,1-3H3. The fraction of sp³-hybridized carbons (Fsp3) is 0.909. The van der Waals surface area contributed by atoms with Crippen molar-refractivity contribution in [3.63, 3.8) is 0 Å². The molecular weight excluding hydrogens is 347 g/mol. The van der Waals surface area contributed by atoms with Crippen molar-refractivity contribution < 1.29 is 34.8 Å². The molecule has 0 spiro atoms. The molecule has 128 valence electrons. The molecule has 11 heteroatoms. The fourth-order valence-electron chi connectivity index (χ4n) is 3.67. The molecule has 2 aliphatic carbocycles. The molecule has 2 rings (SSSR count). The van der Waals surface area contributed by atoms with Crippen molar-refractivity contribution in [2.24, 2.45) is 10.8 Å². The summed E-state index contributed by atoms with van der Waals surface area (Å²) in [7, 11) is -11.0. The molecule has 0 aromatic rings. The maximum absolute atomic E-state index is 12.5. The highest BCUT2D eigenvalue weighted by Gasteiger charge is 2.75. The third kappa shape index (κ3) is 1.84. The van der Waals surface area contributed by atoms with E-state index in [1.54, 1.807) is 6.92 Å². The van der Waals surface area contributed by atoms with Gasteiger partial charge in [0.05, 0.1) is 0 Å². The molecule has 0 aliphatic heterocycles. The number of Topliss-reactive ketones (excluding diaryl/α,β-unsaturated/α-hetero) is 1. The Morgan fingerprint density at radius 3 is 1.86 bits per heavy atom. The Labute approximate surface area is 126 Å². The second-order valence-electron chi connectivity index (χ2n) is 6.59. The van der Waals surface area contributed by atoms with Gasteiger partial charge in [0, 0.05) is 11.8 Å². The summed E-state index contributed by atoms with van der Waals surface area (Å²) in [6.07, 6.45) is -0.365. The van der Waals surface area contributed by atoms with Crippen LogP contribution in [0.15, 0.2) is 0 Å². The van der Waals surface area contributed by atoms with Crippen LogP contribution in [-0.4, -0.2) is 32.9 Å². The maximum Gasteiger partial charge on any atom is 0.512 e. The quantitative estimate of drug-likeness (QED) is 0.815. The van der Waals surface area contributed by atoms with E-state index in [4.69, 9.17) is 0 Å². The van der Waals surface area contributed by atoms with Crippen LogP contribution in [0.5, 0.6) is 0 Å². The Kier molecular flexibility index (Phi) is 3.40. The molecule has 22 heavy (non-hydrogen) atoms. The van der Waals surface area contributed by atoms with E-state index in [9.17, 15) is 34.8 Å². The average molecular weight is 363 g/mol. The first-order valence-corrected chi connectivity index (χ1v) is 9.38. The van der Waals surface area contributed by atoms with Crippen molar-refractivity contribution >= 4 is 25.8 Å². The summed E-state index contributed by atoms with van der Waals surface area (Å²) >= 11 is 0. The van der Waals surface area contributed by atoms with E-state index < -0.39 is 47.6 Å². The van der Waals surface area contributed by atoms with Crippen LogP contribution in [0, 0.1) is 10.8 Å². The molecule has 2 bridgehead atoms. The SMILES string of the molecule is CC12CCC(S(=O)(=O)NS(=O)(=O)C(F)(F)F)(CC1=O)C2(C)C. The number of carbonyl (C=O) groups excluding carboxylic acids is 1. The van der Waals surface area contributed by atoms with Gasteiger partial charge in [0.25, 0.3) is 0 Å². The van der Waals surface area contributed by atoms with Crippen molar-refractivity contribution in [2.45, 2.75) is 50.3 Å². The lowest BCUT2D eigenvalue weighted by atomic mass is 9.70. The molecule has 2 saturated carbocycles. The molecule has 6 nitrogen and oxygen atoms in total. The van der Waals surface area contributed by atoms with Crippen molar-refractivity contribution in [1.82, 2.24) is 4.13 Å². The Bertz CT molecular complexity index is 740. The lowest BCUT2D eigenvalue weighted by Crippen LogP contribution is -2.54. The topological polar surface area (TPSA) is 97.4 Å². The maximum atomic E-state index is 12.5. The van der Waals surface area contributed by atoms with Gasteiger partial charge in [-0.2, -0.15) is 13.2 Å². The third-order valence-corrected chi connectivity index (χ3v) is 9.90. The number of hydrogen-bond acceptors (Lipinski definition) is 5. The van der Waals surface area contributed by atoms with E-state index in [1.165, 1.54) is 13.8 Å². The molecule has 0 aromatic heterocycles. The first-order valence-electron chi connectivity index (χ1n) is 6.42. The number of halogens is 3. The first kappa shape index (κ1) is 17.7. The van der Waals surface area contributed by atoms with Crippen molar-refractivity contribution in [2.75, 3.05) is 0 Å². The molecule has 0 amide bonds. The third-order valence-electron chi connectivity index (χ3n) is 5.65. The highest BCUT2D eigenvalue weighted by molar-refractivity contribution is 8.05. The summed E-state index contributed by atoms with van der Waals surface area (Å²) < 4.78 is 83.5. The van der Waals surface area contributed by atoms with E-state index in [1.807, 2.05) is 0 Å². The zero-order valence-corrected chi connectivity index (χ0v) is 13.7. The van der Waals surface area contributed by atoms with Gasteiger partial charge in [0.2, 0.25) is 10.0 Å². The number of nitrogens with one attached hydrogen (secondary N) is 1. The Balaban J connectivity index is 2.55. The smallest absolute Gasteiger partial charge is 0.299 e. The fourth-order valence-corrected chi connectivity index (χ4v) is 7.43. The highest BCUT2D eigenvalue weighted by Crippen LogP contribution is 2.68. The van der Waals surface area contributed by atoms with Gasteiger partial charge in [-0.3, -0.25) is 4.79 Å². The van der Waals surface area contributed by atoms with Gasteiger partial charge in [-0.1, -0.05) is 20.8 Å². The Hall–Kier alpha value is -0.680. The predicted molar refractivity (Wildman–Crippen MR) is 70.5 cm³/mol. The van der Waals surface area contributed by atoms with E-state index in [-0.39, 0.29) is 18.6 Å². The van der Waals surface area contributed by atoms with Gasteiger partial charge >= 0.3 is 15.5 Å². The molecule has 2 atom stereocenters. The molecule has 2 unspecified atom stereocenters. The van der Waals surface area contributed by atoms with E-state index >= 15 is 0 Å². The van der Waals surface area contributed by atoms with E-state index in [2.05, 4.69) is 0 Å². The van der Waals surface area contributed by atoms with Gasteiger partial charge in [0.1, 0.15) is 10.5 Å². The summed E-state index contributed by atoms with van der Waals surface area (Å²) in [4.78, 5) is 12.1. The molecular formula is C11H16F3NO5S2. The van der Waals surface area contributed by atoms with Crippen LogP contribution in [0.25, 0.3) is 0 Å². The van der Waals surface area contributed by atoms with E-state index in [0.29, 0.717) is 0 Å². The first-order chi connectivity index (χ1) is 9.54. The van der Waals surface area contributed by atoms with Crippen molar-refractivity contribution in [1.29, 1.82) is 0 Å². The molecule has 2 aliphatic rings. The summed E-state index contributed by atoms with van der Waals surface area (Å²) in [6, 6.07) is 0. The number of hydrogen-bond donors (Lipinski definition) is 1. The van der Waals surface area contributed by atoms with Gasteiger partial charge in [-0.05, 0) is 18.3 Å². The average Bonchev–Trinajstić information content (AvgIpc) is 2.56. The van der Waals surface area contributed by atoms with Crippen LogP contribution in [0.1, 0.15) is 40.0 Å². The van der Waals surface area contributed by atoms with Gasteiger partial charge in [0.15, 0.2) is 0 Å². The van der Waals surface area contributed by atoms with E-state index in [0.717, 1.165) is 4.13 Å². The Morgan fingerprint density at radius 2 is 1.55 bits per heavy atom. The molecule has 0 radical (unpaired) electrons. The Morgan fingerprint density at radius 1 is 1.05 bits per heavy atom. The highest BCUT2D eigenvalue weighted by atomic mass is 32.3. The number of sulfonamides is 2. The number of rotatable bonds is 3. The predicted octanol–water partition coefficient (Wildman–Crippen LogP) is 1.29. The number of fused-ring (bicyclic) bond motifs is 2. The minimum Gasteiger partial charge on any atom is -0.299 e. The largest absolute Gasteiger partial charge is 0.512 e. The zero-order valence-electron chi connectivity index (χ0n) is 12.1. The second-order valence-corrected chi connectivity index (χ2v) is 10.5. The number of alkyl halides is 3. The number of carbonyl (C=O) groups is 1. The molecule has 0 saturated heterocycles. The number of ketones is 1. The molecule has 1 N–H and O–H groups in total. The molecule has 0 aromatic carbocycles. The van der Waals surface area contributed by atoms with Crippen LogP contribution in [0.4, 0.5) is 13.2 Å². The molecule has 0 heterocycles. The summed E-state index contributed by atoms with van der Waals surface area (Å²) in [5, 5.41) is 0. The van der Waals surface area contributed by atoms with Crippen LogP contribution >= 0.6 is 0 Å². The summed E-state index contributed by atoms with van der Waals surface area (Å²) in [5.74, 6) is -0.376. The van der Waals surface area contributed by atoms with Crippen molar-refractivity contribution in [3.05, 3.63) is 0 Å². The van der Waals surface area contributed by atoms with Gasteiger partial charge < -0.3 is 0 Å². The zero-order chi connectivity index (χ0) is 17.4. The van der Waals surface area contributed by atoms with Crippen LogP contribution < -0.4 is 4.13 Å². The lowest BCUT2D eigenvalue weighted by molar-refractivity contribution is -0.128. The normalized spacial score (nSPS) is 35.1. The van der Waals surface area contributed by atoms with Crippen LogP contribution in [-0.2, 0) is 24.8 Å². The summed E-state index contributed by atoms with van der Waals surface area (Å²) in [6.45, 7) is 4.52. The van der Waals surface area contributed by atoms with Crippen LogP contribution in [0.3, 0.4) is 0 Å². The monoisotopic (exact) mass is 363 g/mol. The van der Waals surface area contributed by atoms with Crippen molar-refractivity contribution in [3.8, 4) is 0 Å². The summed E-state index contributed by atoms with van der Waals surface area (Å²) in [5.41, 5.74) is -7.92. The minimum absolute atomic E-state index is 0.0645. The van der Waals surface area contributed by atoms with Crippen LogP contribution in [0.2, 0.25) is 0 Å².